The molecule has 0 amide bonds. The van der Waals surface area contributed by atoms with Gasteiger partial charge in [-0.2, -0.15) is 0 Å². The van der Waals surface area contributed by atoms with Crippen LogP contribution in [0.3, 0.4) is 0 Å². The van der Waals surface area contributed by atoms with Crippen molar-refractivity contribution in [3.63, 3.8) is 0 Å². The zero-order chi connectivity index (χ0) is 8.60. The SMILES string of the molecule is CC1CCC(OC2(Cl)N=N2)CC1. The van der Waals surface area contributed by atoms with E-state index in [2.05, 4.69) is 17.2 Å². The van der Waals surface area contributed by atoms with Crippen molar-refractivity contribution in [3.8, 4) is 0 Å². The molecule has 1 heterocycles. The Morgan fingerprint density at radius 1 is 1.25 bits per heavy atom. The summed E-state index contributed by atoms with van der Waals surface area (Å²) in [4.78, 5) is 0. The van der Waals surface area contributed by atoms with Crippen LogP contribution >= 0.6 is 11.6 Å². The lowest BCUT2D eigenvalue weighted by atomic mass is 9.89. The molecule has 0 atom stereocenters. The van der Waals surface area contributed by atoms with E-state index in [1.165, 1.54) is 12.8 Å². The van der Waals surface area contributed by atoms with Crippen LogP contribution in [0.2, 0.25) is 0 Å². The van der Waals surface area contributed by atoms with Crippen LogP contribution in [0.5, 0.6) is 0 Å². The first-order valence-electron chi connectivity index (χ1n) is 4.49. The third-order valence-electron chi connectivity index (χ3n) is 2.54. The van der Waals surface area contributed by atoms with Crippen molar-refractivity contribution >= 4 is 11.6 Å². The van der Waals surface area contributed by atoms with E-state index in [1.807, 2.05) is 0 Å². The van der Waals surface area contributed by atoms with E-state index in [-0.39, 0.29) is 6.10 Å². The minimum atomic E-state index is -0.981. The van der Waals surface area contributed by atoms with Gasteiger partial charge in [-0.25, -0.2) is 0 Å². The first-order valence-corrected chi connectivity index (χ1v) is 4.86. The van der Waals surface area contributed by atoms with Crippen molar-refractivity contribution in [1.82, 2.24) is 0 Å². The maximum atomic E-state index is 5.76. The predicted octanol–water partition coefficient (Wildman–Crippen LogP) is 2.90. The highest BCUT2D eigenvalue weighted by Gasteiger charge is 2.42. The lowest BCUT2D eigenvalue weighted by Crippen LogP contribution is -2.25. The molecule has 0 aromatic carbocycles. The van der Waals surface area contributed by atoms with Gasteiger partial charge in [0.15, 0.2) is 0 Å². The molecule has 0 saturated heterocycles. The summed E-state index contributed by atoms with van der Waals surface area (Å²) in [5.41, 5.74) is 0. The number of ether oxygens (including phenoxy) is 1. The second-order valence-electron chi connectivity index (χ2n) is 3.73. The Labute approximate surface area is 77.1 Å². The molecule has 0 spiro atoms. The van der Waals surface area contributed by atoms with Gasteiger partial charge in [-0.05, 0) is 43.2 Å². The van der Waals surface area contributed by atoms with Crippen LogP contribution < -0.4 is 0 Å². The summed E-state index contributed by atoms with van der Waals surface area (Å²) in [5, 5.41) is 6.25. The van der Waals surface area contributed by atoms with E-state index in [1.54, 1.807) is 0 Å². The highest BCUT2D eigenvalue weighted by Crippen LogP contribution is 2.38. The van der Waals surface area contributed by atoms with Crippen molar-refractivity contribution in [3.05, 3.63) is 0 Å². The monoisotopic (exact) mass is 188 g/mol. The zero-order valence-electron chi connectivity index (χ0n) is 7.16. The molecule has 3 nitrogen and oxygen atoms in total. The molecular formula is C8H13ClN2O. The van der Waals surface area contributed by atoms with Gasteiger partial charge in [-0.1, -0.05) is 6.92 Å². The van der Waals surface area contributed by atoms with Crippen LogP contribution in [-0.2, 0) is 4.74 Å². The zero-order valence-corrected chi connectivity index (χ0v) is 7.92. The molecule has 0 bridgehead atoms. The van der Waals surface area contributed by atoms with Gasteiger partial charge in [0.25, 0.3) is 0 Å². The van der Waals surface area contributed by atoms with Gasteiger partial charge in [0.1, 0.15) is 0 Å². The first-order chi connectivity index (χ1) is 5.68. The molecule has 1 saturated carbocycles. The molecule has 2 aliphatic rings. The minimum Gasteiger partial charge on any atom is -0.317 e. The van der Waals surface area contributed by atoms with Gasteiger partial charge in [0.05, 0.1) is 6.10 Å². The maximum Gasteiger partial charge on any atom is 0.375 e. The number of halogens is 1. The Balaban J connectivity index is 1.75. The molecule has 0 N–H and O–H groups in total. The summed E-state index contributed by atoms with van der Waals surface area (Å²) in [6, 6.07) is 0. The van der Waals surface area contributed by atoms with E-state index >= 15 is 0 Å². The molecule has 0 aromatic rings. The molecule has 1 fully saturated rings. The van der Waals surface area contributed by atoms with Crippen LogP contribution in [0.25, 0.3) is 0 Å². The average Bonchev–Trinajstić information content (AvgIpc) is 2.74. The molecule has 12 heavy (non-hydrogen) atoms. The highest BCUT2D eigenvalue weighted by molar-refractivity contribution is 6.23. The van der Waals surface area contributed by atoms with Crippen molar-refractivity contribution in [2.45, 2.75) is 44.0 Å². The average molecular weight is 189 g/mol. The molecule has 0 aromatic heterocycles. The van der Waals surface area contributed by atoms with E-state index in [0.29, 0.717) is 0 Å². The Bertz CT molecular complexity index is 193. The lowest BCUT2D eigenvalue weighted by molar-refractivity contribution is -0.0198. The fourth-order valence-electron chi connectivity index (χ4n) is 1.65. The van der Waals surface area contributed by atoms with Crippen molar-refractivity contribution in [1.29, 1.82) is 0 Å². The summed E-state index contributed by atoms with van der Waals surface area (Å²) in [6.07, 6.45) is 4.94. The van der Waals surface area contributed by atoms with Crippen LogP contribution in [0, 0.1) is 5.92 Å². The predicted molar refractivity (Wildman–Crippen MR) is 45.9 cm³/mol. The second kappa shape index (κ2) is 2.96. The van der Waals surface area contributed by atoms with Crippen molar-refractivity contribution in [2.24, 2.45) is 16.1 Å². The molecule has 1 aliphatic carbocycles. The third kappa shape index (κ3) is 1.96. The maximum absolute atomic E-state index is 5.76. The molecule has 68 valence electrons. The molecule has 0 radical (unpaired) electrons. The molecule has 4 heteroatoms. The van der Waals surface area contributed by atoms with Crippen molar-refractivity contribution in [2.75, 3.05) is 0 Å². The van der Waals surface area contributed by atoms with Crippen LogP contribution in [0.15, 0.2) is 10.2 Å². The molecule has 0 unspecified atom stereocenters. The Morgan fingerprint density at radius 3 is 2.33 bits per heavy atom. The highest BCUT2D eigenvalue weighted by atomic mass is 35.5. The quantitative estimate of drug-likeness (QED) is 0.485. The van der Waals surface area contributed by atoms with Gasteiger partial charge in [-0.15, -0.1) is 10.2 Å². The van der Waals surface area contributed by atoms with Gasteiger partial charge >= 0.3 is 5.31 Å². The summed E-state index contributed by atoms with van der Waals surface area (Å²) >= 11 is 5.76. The Kier molecular flexibility index (Phi) is 2.09. The van der Waals surface area contributed by atoms with E-state index in [4.69, 9.17) is 16.3 Å². The summed E-state index contributed by atoms with van der Waals surface area (Å²) in [5.74, 6) is 0.837. The molecule has 2 rings (SSSR count). The standard InChI is InChI=1S/C8H13ClN2O/c1-6-2-4-7(5-3-6)12-8(9)10-11-8/h6-7H,2-5H2,1H3. The number of alkyl halides is 1. The number of hydrogen-bond acceptors (Lipinski definition) is 3. The number of hydrogen-bond donors (Lipinski definition) is 0. The Morgan fingerprint density at radius 2 is 1.83 bits per heavy atom. The van der Waals surface area contributed by atoms with Gasteiger partial charge in [0, 0.05) is 0 Å². The topological polar surface area (TPSA) is 34.0 Å². The van der Waals surface area contributed by atoms with Crippen LogP contribution in [0.4, 0.5) is 0 Å². The summed E-state index contributed by atoms with van der Waals surface area (Å²) < 4.78 is 5.47. The van der Waals surface area contributed by atoms with Gasteiger partial charge in [0.2, 0.25) is 0 Å². The van der Waals surface area contributed by atoms with Gasteiger partial charge in [-0.3, -0.25) is 0 Å². The smallest absolute Gasteiger partial charge is 0.317 e. The first kappa shape index (κ1) is 8.45. The normalized spacial score (nSPS) is 38.2. The molecule has 1 aliphatic heterocycles. The molecular weight excluding hydrogens is 176 g/mol. The lowest BCUT2D eigenvalue weighted by Gasteiger charge is -2.26. The Hall–Kier alpha value is -0.150. The van der Waals surface area contributed by atoms with E-state index in [0.717, 1.165) is 18.8 Å². The summed E-state index contributed by atoms with van der Waals surface area (Å²) in [6.45, 7) is 2.28. The number of nitrogens with zero attached hydrogens (tertiary/aromatic N) is 2. The van der Waals surface area contributed by atoms with E-state index < -0.39 is 5.31 Å². The van der Waals surface area contributed by atoms with Gasteiger partial charge < -0.3 is 4.74 Å². The number of rotatable bonds is 2. The van der Waals surface area contributed by atoms with Crippen LogP contribution in [-0.4, -0.2) is 11.4 Å². The minimum absolute atomic E-state index is 0.272. The van der Waals surface area contributed by atoms with Crippen molar-refractivity contribution < 1.29 is 4.74 Å². The van der Waals surface area contributed by atoms with Crippen LogP contribution in [0.1, 0.15) is 32.6 Å². The summed E-state index contributed by atoms with van der Waals surface area (Å²) in [7, 11) is 0. The largest absolute Gasteiger partial charge is 0.375 e. The fraction of sp³-hybridized carbons (Fsp3) is 1.00. The fourth-order valence-corrected chi connectivity index (χ4v) is 1.81. The third-order valence-corrected chi connectivity index (χ3v) is 2.78. The van der Waals surface area contributed by atoms with E-state index in [9.17, 15) is 0 Å². The second-order valence-corrected chi connectivity index (χ2v) is 4.22.